The predicted octanol–water partition coefficient (Wildman–Crippen LogP) is 3.18. The summed E-state index contributed by atoms with van der Waals surface area (Å²) in [5.74, 6) is -0.389. The molecule has 0 aromatic heterocycles. The van der Waals surface area contributed by atoms with Crippen LogP contribution < -0.4 is 5.32 Å². The summed E-state index contributed by atoms with van der Waals surface area (Å²) >= 11 is 0. The number of aliphatic hydroxyl groups excluding tert-OH is 1. The molecule has 1 amide bonds. The summed E-state index contributed by atoms with van der Waals surface area (Å²) in [7, 11) is 0. The van der Waals surface area contributed by atoms with Crippen molar-refractivity contribution in [3.63, 3.8) is 0 Å². The van der Waals surface area contributed by atoms with Crippen LogP contribution in [0.5, 0.6) is 0 Å². The lowest BCUT2D eigenvalue weighted by molar-refractivity contribution is 0.133. The second-order valence-electron chi connectivity index (χ2n) is 4.83. The number of hydrogen-bond donors (Lipinski definition) is 2. The molecule has 2 N–H and O–H groups in total. The molecule has 4 nitrogen and oxygen atoms in total. The molecule has 0 aliphatic heterocycles. The third-order valence-electron chi connectivity index (χ3n) is 3.17. The topological polar surface area (TPSA) is 58.6 Å². The Balaban J connectivity index is 1.94. The zero-order valence-electron chi connectivity index (χ0n) is 12.0. The maximum absolute atomic E-state index is 13.3. The molecule has 116 valence electrons. The Kier molecular flexibility index (Phi) is 5.91. The maximum atomic E-state index is 13.3. The Morgan fingerprint density at radius 2 is 1.95 bits per heavy atom. The number of hydrogen-bond acceptors (Lipinski definition) is 3. The number of amides is 1. The number of aliphatic hydroxyl groups is 1. The smallest absolute Gasteiger partial charge is 0.407 e. The molecule has 2 rings (SSSR count). The number of rotatable bonds is 6. The molecule has 0 fully saturated rings. The number of nitrogens with one attached hydrogen (secondary N) is 1. The van der Waals surface area contributed by atoms with Gasteiger partial charge in [0.15, 0.2) is 0 Å². The first-order chi connectivity index (χ1) is 10.7. The number of benzene rings is 2. The van der Waals surface area contributed by atoms with Crippen molar-refractivity contribution in [2.75, 3.05) is 6.61 Å². The van der Waals surface area contributed by atoms with Gasteiger partial charge in [-0.3, -0.25) is 0 Å². The molecule has 0 aliphatic carbocycles. The minimum atomic E-state index is -0.605. The van der Waals surface area contributed by atoms with E-state index >= 15 is 0 Å². The summed E-state index contributed by atoms with van der Waals surface area (Å²) in [5.41, 5.74) is 1.47. The van der Waals surface area contributed by atoms with Gasteiger partial charge >= 0.3 is 6.09 Å². The molecule has 1 unspecified atom stereocenters. The van der Waals surface area contributed by atoms with E-state index in [4.69, 9.17) is 9.84 Å². The van der Waals surface area contributed by atoms with E-state index in [2.05, 4.69) is 5.32 Å². The summed E-state index contributed by atoms with van der Waals surface area (Å²) in [5, 5.41) is 11.7. The number of halogens is 1. The van der Waals surface area contributed by atoms with Gasteiger partial charge in [-0.25, -0.2) is 9.18 Å². The van der Waals surface area contributed by atoms with Crippen LogP contribution in [0, 0.1) is 5.82 Å². The molecule has 0 radical (unpaired) electrons. The zero-order chi connectivity index (χ0) is 15.8. The normalized spacial score (nSPS) is 11.7. The molecule has 1 atom stereocenters. The molecule has 5 heteroatoms. The summed E-state index contributed by atoms with van der Waals surface area (Å²) in [6, 6.07) is 14.7. The molecule has 0 heterocycles. The van der Waals surface area contributed by atoms with Gasteiger partial charge < -0.3 is 15.2 Å². The number of alkyl carbamates (subject to hydrolysis) is 1. The van der Waals surface area contributed by atoms with Gasteiger partial charge in [0.25, 0.3) is 0 Å². The van der Waals surface area contributed by atoms with Crippen LogP contribution in [0.4, 0.5) is 9.18 Å². The lowest BCUT2D eigenvalue weighted by Gasteiger charge is -2.18. The fourth-order valence-corrected chi connectivity index (χ4v) is 2.08. The van der Waals surface area contributed by atoms with Crippen LogP contribution in [0.2, 0.25) is 0 Å². The minimum Gasteiger partial charge on any atom is -0.445 e. The molecule has 0 saturated heterocycles. The van der Waals surface area contributed by atoms with Gasteiger partial charge in [-0.15, -0.1) is 0 Å². The first-order valence-electron chi connectivity index (χ1n) is 7.02. The molecule has 0 saturated carbocycles. The Morgan fingerprint density at radius 3 is 2.64 bits per heavy atom. The standard InChI is InChI=1S/C17H18FNO3/c18-15-8-4-7-14(11-15)16(9-10-20)19-17(21)22-12-13-5-2-1-3-6-13/h1-8,11,16,20H,9-10,12H2,(H,19,21). The molecular formula is C17H18FNO3. The molecule has 0 aliphatic rings. The van der Waals surface area contributed by atoms with E-state index in [-0.39, 0.29) is 25.5 Å². The van der Waals surface area contributed by atoms with Crippen LogP contribution in [0.25, 0.3) is 0 Å². The highest BCUT2D eigenvalue weighted by Gasteiger charge is 2.15. The fourth-order valence-electron chi connectivity index (χ4n) is 2.08. The van der Waals surface area contributed by atoms with Crippen molar-refractivity contribution >= 4 is 6.09 Å². The molecule has 2 aromatic carbocycles. The van der Waals surface area contributed by atoms with Gasteiger partial charge in [0.2, 0.25) is 0 Å². The van der Waals surface area contributed by atoms with E-state index in [1.807, 2.05) is 30.3 Å². The highest BCUT2D eigenvalue weighted by molar-refractivity contribution is 5.68. The van der Waals surface area contributed by atoms with E-state index in [0.717, 1.165) is 5.56 Å². The van der Waals surface area contributed by atoms with E-state index in [0.29, 0.717) is 5.56 Å². The predicted molar refractivity (Wildman–Crippen MR) is 80.6 cm³/mol. The van der Waals surface area contributed by atoms with Gasteiger partial charge in [-0.05, 0) is 29.7 Å². The third kappa shape index (κ3) is 4.86. The van der Waals surface area contributed by atoms with E-state index < -0.39 is 12.1 Å². The average molecular weight is 303 g/mol. The number of carbonyl (C=O) groups excluding carboxylic acids is 1. The Morgan fingerprint density at radius 1 is 1.18 bits per heavy atom. The Hall–Kier alpha value is -2.40. The first kappa shape index (κ1) is 16.0. The van der Waals surface area contributed by atoms with Gasteiger partial charge in [-0.1, -0.05) is 42.5 Å². The van der Waals surface area contributed by atoms with Crippen LogP contribution in [0.15, 0.2) is 54.6 Å². The zero-order valence-corrected chi connectivity index (χ0v) is 12.0. The van der Waals surface area contributed by atoms with Crippen molar-refractivity contribution in [3.8, 4) is 0 Å². The van der Waals surface area contributed by atoms with Gasteiger partial charge in [0, 0.05) is 6.61 Å². The molecule has 2 aromatic rings. The Bertz CT molecular complexity index is 604. The van der Waals surface area contributed by atoms with E-state index in [1.165, 1.54) is 12.1 Å². The van der Waals surface area contributed by atoms with Crippen LogP contribution in [-0.2, 0) is 11.3 Å². The van der Waals surface area contributed by atoms with Gasteiger partial charge in [-0.2, -0.15) is 0 Å². The number of carbonyl (C=O) groups is 1. The van der Waals surface area contributed by atoms with Crippen molar-refractivity contribution in [3.05, 3.63) is 71.5 Å². The lowest BCUT2D eigenvalue weighted by atomic mass is 10.0. The quantitative estimate of drug-likeness (QED) is 0.861. The summed E-state index contributed by atoms with van der Waals surface area (Å²) in [6.45, 7) is 0.0296. The average Bonchev–Trinajstić information content (AvgIpc) is 2.53. The highest BCUT2D eigenvalue weighted by Crippen LogP contribution is 2.17. The minimum absolute atomic E-state index is 0.125. The Labute approximate surface area is 128 Å². The van der Waals surface area contributed by atoms with Gasteiger partial charge in [0.1, 0.15) is 12.4 Å². The molecule has 0 bridgehead atoms. The van der Waals surface area contributed by atoms with Crippen molar-refractivity contribution in [1.29, 1.82) is 0 Å². The van der Waals surface area contributed by atoms with Crippen molar-refractivity contribution in [1.82, 2.24) is 5.32 Å². The summed E-state index contributed by atoms with van der Waals surface area (Å²) < 4.78 is 18.4. The fraction of sp³-hybridized carbons (Fsp3) is 0.235. The first-order valence-corrected chi connectivity index (χ1v) is 7.02. The monoisotopic (exact) mass is 303 g/mol. The van der Waals surface area contributed by atoms with Gasteiger partial charge in [0.05, 0.1) is 6.04 Å². The second-order valence-corrected chi connectivity index (χ2v) is 4.83. The largest absolute Gasteiger partial charge is 0.445 e. The molecular weight excluding hydrogens is 285 g/mol. The van der Waals surface area contributed by atoms with Crippen LogP contribution >= 0.6 is 0 Å². The molecule has 22 heavy (non-hydrogen) atoms. The highest BCUT2D eigenvalue weighted by atomic mass is 19.1. The third-order valence-corrected chi connectivity index (χ3v) is 3.17. The number of ether oxygens (including phenoxy) is 1. The van der Waals surface area contributed by atoms with Crippen molar-refractivity contribution in [2.45, 2.75) is 19.1 Å². The lowest BCUT2D eigenvalue weighted by Crippen LogP contribution is -2.29. The van der Waals surface area contributed by atoms with Crippen LogP contribution in [-0.4, -0.2) is 17.8 Å². The summed E-state index contributed by atoms with van der Waals surface area (Å²) in [6.07, 6.45) is -0.323. The van der Waals surface area contributed by atoms with E-state index in [9.17, 15) is 9.18 Å². The molecule has 0 spiro atoms. The second kappa shape index (κ2) is 8.14. The summed E-state index contributed by atoms with van der Waals surface area (Å²) in [4.78, 5) is 11.9. The van der Waals surface area contributed by atoms with Crippen LogP contribution in [0.1, 0.15) is 23.6 Å². The van der Waals surface area contributed by atoms with Crippen molar-refractivity contribution < 1.29 is 19.0 Å². The van der Waals surface area contributed by atoms with Crippen molar-refractivity contribution in [2.24, 2.45) is 0 Å². The van der Waals surface area contributed by atoms with Crippen LogP contribution in [0.3, 0.4) is 0 Å². The van der Waals surface area contributed by atoms with E-state index in [1.54, 1.807) is 12.1 Å². The maximum Gasteiger partial charge on any atom is 0.407 e. The SMILES string of the molecule is O=C(NC(CCO)c1cccc(F)c1)OCc1ccccc1.